The van der Waals surface area contributed by atoms with Crippen molar-refractivity contribution in [2.24, 2.45) is 0 Å². The molecular weight excluding hydrogens is 256 g/mol. The van der Waals surface area contributed by atoms with Crippen LogP contribution in [0.2, 0.25) is 4.34 Å². The van der Waals surface area contributed by atoms with E-state index in [4.69, 9.17) is 16.3 Å². The van der Waals surface area contributed by atoms with Gasteiger partial charge < -0.3 is 9.84 Å². The van der Waals surface area contributed by atoms with Crippen molar-refractivity contribution in [3.8, 4) is 5.75 Å². The summed E-state index contributed by atoms with van der Waals surface area (Å²) in [4.78, 5) is 1.07. The van der Waals surface area contributed by atoms with E-state index < -0.39 is 6.10 Å². The first-order valence-corrected chi connectivity index (χ1v) is 6.50. The fraction of sp³-hybridized carbons (Fsp3) is 0.231. The maximum atomic E-state index is 9.61. The van der Waals surface area contributed by atoms with Crippen molar-refractivity contribution in [3.63, 3.8) is 0 Å². The number of aliphatic hydroxyl groups is 1. The van der Waals surface area contributed by atoms with E-state index in [1.807, 2.05) is 36.4 Å². The Kier molecular flexibility index (Phi) is 4.05. The Labute approximate surface area is 109 Å². The van der Waals surface area contributed by atoms with Crippen LogP contribution in [0.3, 0.4) is 0 Å². The minimum atomic E-state index is -0.530. The molecule has 2 nitrogen and oxygen atoms in total. The monoisotopic (exact) mass is 268 g/mol. The fourth-order valence-electron chi connectivity index (χ4n) is 1.54. The molecule has 0 aliphatic carbocycles. The molecule has 0 radical (unpaired) electrons. The predicted molar refractivity (Wildman–Crippen MR) is 70.7 cm³/mol. The van der Waals surface area contributed by atoms with Gasteiger partial charge in [0, 0.05) is 10.4 Å². The van der Waals surface area contributed by atoms with Crippen LogP contribution in [0, 0.1) is 0 Å². The molecule has 0 unspecified atom stereocenters. The first-order valence-electron chi connectivity index (χ1n) is 5.31. The Balaban J connectivity index is 2.08. The molecule has 0 spiro atoms. The summed E-state index contributed by atoms with van der Waals surface area (Å²) in [6.07, 6.45) is -0.530. The van der Waals surface area contributed by atoms with Gasteiger partial charge in [-0.2, -0.15) is 0 Å². The lowest BCUT2D eigenvalue weighted by Crippen LogP contribution is -1.99. The molecule has 0 saturated heterocycles. The van der Waals surface area contributed by atoms with Gasteiger partial charge in [-0.25, -0.2) is 0 Å². The molecule has 1 aromatic heterocycles. The zero-order valence-corrected chi connectivity index (χ0v) is 11.0. The van der Waals surface area contributed by atoms with Crippen molar-refractivity contribution in [2.75, 3.05) is 0 Å². The number of hydrogen-bond donors (Lipinski definition) is 1. The van der Waals surface area contributed by atoms with Crippen molar-refractivity contribution in [1.82, 2.24) is 0 Å². The molecule has 0 aliphatic rings. The molecule has 0 amide bonds. The summed E-state index contributed by atoms with van der Waals surface area (Å²) >= 11 is 7.35. The summed E-state index contributed by atoms with van der Waals surface area (Å²) in [6, 6.07) is 11.3. The second kappa shape index (κ2) is 5.54. The number of hydrogen-bond acceptors (Lipinski definition) is 3. The maximum absolute atomic E-state index is 9.61. The number of benzene rings is 1. The minimum absolute atomic E-state index is 0.473. The summed E-state index contributed by atoms with van der Waals surface area (Å²) in [5.74, 6) is 0.715. The summed E-state index contributed by atoms with van der Waals surface area (Å²) in [5.41, 5.74) is 0.801. The minimum Gasteiger partial charge on any atom is -0.488 e. The van der Waals surface area contributed by atoms with Gasteiger partial charge in [0.2, 0.25) is 0 Å². The molecule has 0 bridgehead atoms. The molecule has 0 fully saturated rings. The predicted octanol–water partition coefficient (Wildman–Crippen LogP) is 4.03. The van der Waals surface area contributed by atoms with Crippen LogP contribution in [0.4, 0.5) is 0 Å². The average molecular weight is 269 g/mol. The third-order valence-electron chi connectivity index (χ3n) is 2.37. The highest BCUT2D eigenvalue weighted by Gasteiger charge is 2.08. The molecular formula is C13H13ClO2S. The molecule has 2 aromatic rings. The molecule has 4 heteroatoms. The summed E-state index contributed by atoms with van der Waals surface area (Å²) < 4.78 is 6.45. The highest BCUT2D eigenvalue weighted by molar-refractivity contribution is 7.16. The molecule has 0 saturated carbocycles. The van der Waals surface area contributed by atoms with Crippen LogP contribution in [0.1, 0.15) is 23.5 Å². The molecule has 1 heterocycles. The standard InChI is InChI=1S/C13H13ClO2S/c1-9(15)11-4-2-3-5-12(11)16-8-10-6-7-13(14)17-10/h2-7,9,15H,8H2,1H3/t9-/m1/s1. The summed E-state index contributed by atoms with van der Waals surface area (Å²) in [7, 11) is 0. The van der Waals surface area contributed by atoms with E-state index >= 15 is 0 Å². The Morgan fingerprint density at radius 1 is 1.29 bits per heavy atom. The van der Waals surface area contributed by atoms with Crippen LogP contribution in [0.15, 0.2) is 36.4 Å². The summed E-state index contributed by atoms with van der Waals surface area (Å²) in [6.45, 7) is 2.20. The van der Waals surface area contributed by atoms with Crippen LogP contribution in [-0.2, 0) is 6.61 Å². The van der Waals surface area contributed by atoms with Crippen molar-refractivity contribution in [3.05, 3.63) is 51.2 Å². The number of para-hydroxylation sites is 1. The highest BCUT2D eigenvalue weighted by Crippen LogP contribution is 2.27. The quantitative estimate of drug-likeness (QED) is 0.907. The molecule has 90 valence electrons. The van der Waals surface area contributed by atoms with Gasteiger partial charge in [0.15, 0.2) is 0 Å². The zero-order chi connectivity index (χ0) is 12.3. The Hall–Kier alpha value is -1.03. The lowest BCUT2D eigenvalue weighted by atomic mass is 10.1. The van der Waals surface area contributed by atoms with E-state index in [1.54, 1.807) is 6.92 Å². The lowest BCUT2D eigenvalue weighted by molar-refractivity contribution is 0.190. The first-order chi connectivity index (χ1) is 8.16. The first kappa shape index (κ1) is 12.4. The van der Waals surface area contributed by atoms with Gasteiger partial charge in [0.25, 0.3) is 0 Å². The Morgan fingerprint density at radius 3 is 2.71 bits per heavy atom. The van der Waals surface area contributed by atoms with E-state index in [0.717, 1.165) is 14.8 Å². The van der Waals surface area contributed by atoms with Crippen LogP contribution >= 0.6 is 22.9 Å². The van der Waals surface area contributed by atoms with E-state index in [-0.39, 0.29) is 0 Å². The van der Waals surface area contributed by atoms with Crippen molar-refractivity contribution in [1.29, 1.82) is 0 Å². The van der Waals surface area contributed by atoms with Crippen molar-refractivity contribution in [2.45, 2.75) is 19.6 Å². The third-order valence-corrected chi connectivity index (χ3v) is 3.57. The topological polar surface area (TPSA) is 29.5 Å². The maximum Gasteiger partial charge on any atom is 0.125 e. The zero-order valence-electron chi connectivity index (χ0n) is 9.39. The van der Waals surface area contributed by atoms with Crippen LogP contribution in [0.25, 0.3) is 0 Å². The Bertz CT molecular complexity index is 494. The highest BCUT2D eigenvalue weighted by atomic mass is 35.5. The smallest absolute Gasteiger partial charge is 0.125 e. The van der Waals surface area contributed by atoms with E-state index in [9.17, 15) is 5.11 Å². The Morgan fingerprint density at radius 2 is 2.06 bits per heavy atom. The van der Waals surface area contributed by atoms with Crippen LogP contribution < -0.4 is 4.74 Å². The van der Waals surface area contributed by atoms with Gasteiger partial charge in [-0.3, -0.25) is 0 Å². The third kappa shape index (κ3) is 3.22. The van der Waals surface area contributed by atoms with Crippen molar-refractivity contribution >= 4 is 22.9 Å². The molecule has 1 atom stereocenters. The number of aliphatic hydroxyl groups excluding tert-OH is 1. The largest absolute Gasteiger partial charge is 0.488 e. The van der Waals surface area contributed by atoms with Gasteiger partial charge in [0.1, 0.15) is 12.4 Å². The van der Waals surface area contributed by atoms with E-state index in [0.29, 0.717) is 12.4 Å². The van der Waals surface area contributed by atoms with Gasteiger partial charge in [-0.1, -0.05) is 29.8 Å². The number of thiophene rings is 1. The molecule has 17 heavy (non-hydrogen) atoms. The van der Waals surface area contributed by atoms with Gasteiger partial charge in [0.05, 0.1) is 10.4 Å². The number of rotatable bonds is 4. The van der Waals surface area contributed by atoms with Gasteiger partial charge in [-0.05, 0) is 25.1 Å². The average Bonchev–Trinajstić information content (AvgIpc) is 2.73. The number of ether oxygens (including phenoxy) is 1. The van der Waals surface area contributed by atoms with E-state index in [2.05, 4.69) is 0 Å². The SMILES string of the molecule is C[C@@H](O)c1ccccc1OCc1ccc(Cl)s1. The molecule has 1 aromatic carbocycles. The van der Waals surface area contributed by atoms with Crippen LogP contribution in [-0.4, -0.2) is 5.11 Å². The van der Waals surface area contributed by atoms with Crippen molar-refractivity contribution < 1.29 is 9.84 Å². The molecule has 2 rings (SSSR count). The van der Waals surface area contributed by atoms with Gasteiger partial charge in [-0.15, -0.1) is 11.3 Å². The lowest BCUT2D eigenvalue weighted by Gasteiger charge is -2.12. The summed E-state index contributed by atoms with van der Waals surface area (Å²) in [5, 5.41) is 9.61. The fourth-order valence-corrected chi connectivity index (χ4v) is 2.54. The van der Waals surface area contributed by atoms with Gasteiger partial charge >= 0.3 is 0 Å². The number of halogens is 1. The van der Waals surface area contributed by atoms with E-state index in [1.165, 1.54) is 11.3 Å². The van der Waals surface area contributed by atoms with Crippen LogP contribution in [0.5, 0.6) is 5.75 Å². The normalized spacial score (nSPS) is 12.4. The molecule has 0 aliphatic heterocycles. The second-order valence-electron chi connectivity index (χ2n) is 3.71. The second-order valence-corrected chi connectivity index (χ2v) is 5.51. The molecule has 1 N–H and O–H groups in total.